The van der Waals surface area contributed by atoms with Crippen molar-refractivity contribution in [2.75, 3.05) is 0 Å². The molecule has 1 fully saturated rings. The third-order valence-electron chi connectivity index (χ3n) is 5.65. The SMILES string of the molecule is CCC(N=C(c1ccccc1)c1ccccc1)(C(=O)O)C1CCCC(F)C1F. The second kappa shape index (κ2) is 8.63. The smallest absolute Gasteiger partial charge is 0.331 e. The maximum absolute atomic E-state index is 14.8. The van der Waals surface area contributed by atoms with Gasteiger partial charge in [0.15, 0.2) is 5.54 Å². The van der Waals surface area contributed by atoms with E-state index in [0.717, 1.165) is 11.1 Å². The number of carboxylic acids is 1. The Morgan fingerprint density at radius 3 is 2.04 bits per heavy atom. The van der Waals surface area contributed by atoms with Crippen LogP contribution in [0.5, 0.6) is 0 Å². The lowest BCUT2D eigenvalue weighted by Crippen LogP contribution is -2.52. The van der Waals surface area contributed by atoms with Gasteiger partial charge < -0.3 is 5.11 Å². The lowest BCUT2D eigenvalue weighted by molar-refractivity contribution is -0.148. The van der Waals surface area contributed by atoms with Gasteiger partial charge in [-0.25, -0.2) is 13.6 Å². The number of hydrogen-bond acceptors (Lipinski definition) is 2. The van der Waals surface area contributed by atoms with E-state index in [9.17, 15) is 18.7 Å². The molecule has 1 saturated carbocycles. The van der Waals surface area contributed by atoms with E-state index in [-0.39, 0.29) is 12.8 Å². The number of aliphatic carboxylic acids is 1. The van der Waals surface area contributed by atoms with Gasteiger partial charge in [0.25, 0.3) is 0 Å². The van der Waals surface area contributed by atoms with Crippen molar-refractivity contribution < 1.29 is 18.7 Å². The van der Waals surface area contributed by atoms with Crippen molar-refractivity contribution in [3.8, 4) is 0 Å². The number of benzene rings is 2. The minimum Gasteiger partial charge on any atom is -0.479 e. The van der Waals surface area contributed by atoms with Crippen LogP contribution in [-0.2, 0) is 4.79 Å². The van der Waals surface area contributed by atoms with Crippen LogP contribution >= 0.6 is 0 Å². The molecule has 2 aromatic rings. The third-order valence-corrected chi connectivity index (χ3v) is 5.65. The molecule has 0 aromatic heterocycles. The van der Waals surface area contributed by atoms with Crippen LogP contribution in [0.3, 0.4) is 0 Å². The van der Waals surface area contributed by atoms with Gasteiger partial charge in [0.05, 0.1) is 5.71 Å². The van der Waals surface area contributed by atoms with Gasteiger partial charge in [-0.15, -0.1) is 0 Å². The number of aliphatic imine (C=N–C) groups is 1. The molecule has 0 amide bonds. The molecule has 4 unspecified atom stereocenters. The zero-order valence-corrected chi connectivity index (χ0v) is 15.9. The Labute approximate surface area is 164 Å². The van der Waals surface area contributed by atoms with Gasteiger partial charge in [0, 0.05) is 17.0 Å². The van der Waals surface area contributed by atoms with Crippen LogP contribution < -0.4 is 0 Å². The fraction of sp³-hybridized carbons (Fsp3) is 0.391. The Morgan fingerprint density at radius 1 is 1.04 bits per heavy atom. The van der Waals surface area contributed by atoms with E-state index < -0.39 is 29.8 Å². The first-order valence-corrected chi connectivity index (χ1v) is 9.72. The van der Waals surface area contributed by atoms with Crippen molar-refractivity contribution in [2.24, 2.45) is 10.9 Å². The first-order chi connectivity index (χ1) is 13.5. The average Bonchev–Trinajstić information content (AvgIpc) is 2.73. The van der Waals surface area contributed by atoms with Gasteiger partial charge in [-0.3, -0.25) is 4.99 Å². The van der Waals surface area contributed by atoms with Gasteiger partial charge >= 0.3 is 5.97 Å². The average molecular weight is 385 g/mol. The van der Waals surface area contributed by atoms with E-state index in [1.165, 1.54) is 0 Å². The molecule has 148 valence electrons. The van der Waals surface area contributed by atoms with Crippen LogP contribution in [0.1, 0.15) is 43.7 Å². The summed E-state index contributed by atoms with van der Waals surface area (Å²) in [6.07, 6.45) is -2.49. The molecular weight excluding hydrogens is 360 g/mol. The molecule has 0 spiro atoms. The molecule has 0 aliphatic heterocycles. The molecule has 2 aromatic carbocycles. The normalized spacial score (nSPS) is 24.2. The van der Waals surface area contributed by atoms with Crippen molar-refractivity contribution in [3.63, 3.8) is 0 Å². The Morgan fingerprint density at radius 2 is 1.57 bits per heavy atom. The van der Waals surface area contributed by atoms with Crippen LogP contribution in [0.25, 0.3) is 0 Å². The van der Waals surface area contributed by atoms with E-state index in [2.05, 4.69) is 4.99 Å². The number of carboxylic acid groups (broad SMARTS) is 1. The van der Waals surface area contributed by atoms with Gasteiger partial charge in [0.2, 0.25) is 0 Å². The van der Waals surface area contributed by atoms with Crippen molar-refractivity contribution >= 4 is 11.7 Å². The number of rotatable bonds is 6. The molecule has 4 atom stereocenters. The highest BCUT2D eigenvalue weighted by molar-refractivity contribution is 6.13. The summed E-state index contributed by atoms with van der Waals surface area (Å²) in [6.45, 7) is 1.68. The van der Waals surface area contributed by atoms with Gasteiger partial charge in [-0.1, -0.05) is 67.6 Å². The first-order valence-electron chi connectivity index (χ1n) is 9.72. The molecule has 0 radical (unpaired) electrons. The minimum atomic E-state index is -1.83. The molecule has 3 nitrogen and oxygen atoms in total. The summed E-state index contributed by atoms with van der Waals surface area (Å²) < 4.78 is 29.0. The highest BCUT2D eigenvalue weighted by atomic mass is 19.2. The fourth-order valence-corrected chi connectivity index (χ4v) is 4.07. The van der Waals surface area contributed by atoms with E-state index in [1.807, 2.05) is 60.7 Å². The Hall–Kier alpha value is -2.56. The Bertz CT molecular complexity index is 784. The van der Waals surface area contributed by atoms with Crippen molar-refractivity contribution in [1.82, 2.24) is 0 Å². The second-order valence-electron chi connectivity index (χ2n) is 7.27. The summed E-state index contributed by atoms with van der Waals surface area (Å²) in [5.41, 5.74) is 0.260. The van der Waals surface area contributed by atoms with Crippen LogP contribution in [0.15, 0.2) is 65.7 Å². The number of halogens is 2. The Balaban J connectivity index is 2.19. The summed E-state index contributed by atoms with van der Waals surface area (Å²) in [5, 5.41) is 10.1. The van der Waals surface area contributed by atoms with E-state index in [4.69, 9.17) is 0 Å². The van der Waals surface area contributed by atoms with Gasteiger partial charge in [-0.05, 0) is 25.7 Å². The summed E-state index contributed by atoms with van der Waals surface area (Å²) in [5.74, 6) is -2.21. The maximum atomic E-state index is 14.8. The summed E-state index contributed by atoms with van der Waals surface area (Å²) >= 11 is 0. The molecule has 5 heteroatoms. The number of alkyl halides is 2. The van der Waals surface area contributed by atoms with Crippen molar-refractivity contribution in [2.45, 2.75) is 50.5 Å². The van der Waals surface area contributed by atoms with Crippen molar-refractivity contribution in [1.29, 1.82) is 0 Å². The largest absolute Gasteiger partial charge is 0.479 e. The van der Waals surface area contributed by atoms with E-state index in [0.29, 0.717) is 18.6 Å². The maximum Gasteiger partial charge on any atom is 0.331 e. The number of carbonyl (C=O) groups is 1. The standard InChI is InChI=1S/C23H25F2NO2/c1-2-23(22(27)28,18-14-9-15-19(24)20(18)25)26-21(16-10-5-3-6-11-16)17-12-7-4-8-13-17/h3-8,10-13,18-20H,2,9,14-15H2,1H3,(H,27,28). The molecule has 0 heterocycles. The van der Waals surface area contributed by atoms with Crippen LogP contribution in [0.4, 0.5) is 8.78 Å². The van der Waals surface area contributed by atoms with Crippen LogP contribution in [-0.4, -0.2) is 34.7 Å². The predicted octanol–water partition coefficient (Wildman–Crippen LogP) is 5.23. The van der Waals surface area contributed by atoms with Crippen LogP contribution in [0, 0.1) is 5.92 Å². The summed E-state index contributed by atoms with van der Waals surface area (Å²) in [4.78, 5) is 17.1. The van der Waals surface area contributed by atoms with Gasteiger partial charge in [-0.2, -0.15) is 0 Å². The third kappa shape index (κ3) is 3.84. The number of hydrogen-bond donors (Lipinski definition) is 1. The molecule has 1 N–H and O–H groups in total. The monoisotopic (exact) mass is 385 g/mol. The quantitative estimate of drug-likeness (QED) is 0.692. The Kier molecular flexibility index (Phi) is 6.22. The number of nitrogens with zero attached hydrogens (tertiary/aromatic N) is 1. The molecule has 1 aliphatic rings. The van der Waals surface area contributed by atoms with Gasteiger partial charge in [0.1, 0.15) is 12.3 Å². The lowest BCUT2D eigenvalue weighted by atomic mass is 9.71. The zero-order valence-electron chi connectivity index (χ0n) is 15.9. The molecule has 1 aliphatic carbocycles. The zero-order chi connectivity index (χ0) is 20.1. The fourth-order valence-electron chi connectivity index (χ4n) is 4.07. The van der Waals surface area contributed by atoms with E-state index in [1.54, 1.807) is 6.92 Å². The minimum absolute atomic E-state index is 0.0866. The summed E-state index contributed by atoms with van der Waals surface area (Å²) in [6, 6.07) is 18.5. The molecule has 3 rings (SSSR count). The molecule has 28 heavy (non-hydrogen) atoms. The molecule has 0 saturated heterocycles. The molecular formula is C23H25F2NO2. The topological polar surface area (TPSA) is 49.7 Å². The predicted molar refractivity (Wildman–Crippen MR) is 106 cm³/mol. The highest BCUT2D eigenvalue weighted by Gasteiger charge is 2.52. The second-order valence-corrected chi connectivity index (χ2v) is 7.27. The van der Waals surface area contributed by atoms with E-state index >= 15 is 0 Å². The van der Waals surface area contributed by atoms with Crippen molar-refractivity contribution in [3.05, 3.63) is 71.8 Å². The first kappa shape index (κ1) is 20.2. The lowest BCUT2D eigenvalue weighted by Gasteiger charge is -2.39. The van der Waals surface area contributed by atoms with Crippen LogP contribution in [0.2, 0.25) is 0 Å². The molecule has 0 bridgehead atoms. The highest BCUT2D eigenvalue weighted by Crippen LogP contribution is 2.41. The summed E-state index contributed by atoms with van der Waals surface area (Å²) in [7, 11) is 0.